The molecule has 3 nitrogen and oxygen atoms in total. The first-order valence-corrected chi connectivity index (χ1v) is 5.22. The van der Waals surface area contributed by atoms with Crippen LogP contribution in [0.15, 0.2) is 24.3 Å². The molecule has 1 N–H and O–H groups in total. The Morgan fingerprint density at radius 1 is 1.27 bits per heavy atom. The predicted molar refractivity (Wildman–Crippen MR) is 61.2 cm³/mol. The first-order chi connectivity index (χ1) is 7.36. The summed E-state index contributed by atoms with van der Waals surface area (Å²) in [4.78, 5) is 0. The molecule has 1 rings (SSSR count). The lowest BCUT2D eigenvalue weighted by Gasteiger charge is -2.07. The van der Waals surface area contributed by atoms with Crippen LogP contribution in [0.4, 0.5) is 0 Å². The third kappa shape index (κ3) is 4.81. The van der Waals surface area contributed by atoms with Crippen LogP contribution < -0.4 is 10.1 Å². The van der Waals surface area contributed by atoms with Crippen LogP contribution in [0.5, 0.6) is 5.75 Å². The Balaban J connectivity index is 2.36. The van der Waals surface area contributed by atoms with E-state index in [1.165, 1.54) is 5.56 Å². The first-order valence-electron chi connectivity index (χ1n) is 5.22. The summed E-state index contributed by atoms with van der Waals surface area (Å²) in [6, 6.07) is 8.13. The Labute approximate surface area is 91.4 Å². The zero-order valence-electron chi connectivity index (χ0n) is 9.45. The van der Waals surface area contributed by atoms with Crippen molar-refractivity contribution in [3.05, 3.63) is 29.8 Å². The van der Waals surface area contributed by atoms with Crippen LogP contribution in [-0.2, 0) is 11.3 Å². The van der Waals surface area contributed by atoms with Crippen molar-refractivity contribution < 1.29 is 9.47 Å². The summed E-state index contributed by atoms with van der Waals surface area (Å²) in [5, 5.41) is 3.11. The lowest BCUT2D eigenvalue weighted by molar-refractivity contribution is 0.172. The molecule has 0 saturated heterocycles. The van der Waals surface area contributed by atoms with Crippen molar-refractivity contribution in [2.24, 2.45) is 0 Å². The van der Waals surface area contributed by atoms with Crippen molar-refractivity contribution in [2.75, 3.05) is 27.4 Å². The second-order valence-corrected chi connectivity index (χ2v) is 3.37. The Hall–Kier alpha value is -1.06. The normalized spacial score (nSPS) is 10.3. The van der Waals surface area contributed by atoms with Crippen LogP contribution in [-0.4, -0.2) is 27.4 Å². The molecular formula is C12H19NO2. The monoisotopic (exact) mass is 209 g/mol. The van der Waals surface area contributed by atoms with E-state index in [1.54, 1.807) is 7.11 Å². The quantitative estimate of drug-likeness (QED) is 0.695. The third-order valence-electron chi connectivity index (χ3n) is 2.04. The summed E-state index contributed by atoms with van der Waals surface area (Å²) in [6.07, 6.45) is 0.923. The van der Waals surface area contributed by atoms with Crippen molar-refractivity contribution in [2.45, 2.75) is 13.0 Å². The molecule has 0 amide bonds. The van der Waals surface area contributed by atoms with Crippen molar-refractivity contribution >= 4 is 0 Å². The Morgan fingerprint density at radius 2 is 2.13 bits per heavy atom. The highest BCUT2D eigenvalue weighted by atomic mass is 16.5. The molecule has 15 heavy (non-hydrogen) atoms. The van der Waals surface area contributed by atoms with Gasteiger partial charge in [0.25, 0.3) is 0 Å². The molecular weight excluding hydrogens is 190 g/mol. The lowest BCUT2D eigenvalue weighted by atomic mass is 10.2. The van der Waals surface area contributed by atoms with E-state index >= 15 is 0 Å². The molecule has 1 aromatic rings. The summed E-state index contributed by atoms with van der Waals surface area (Å²) in [5.41, 5.74) is 1.24. The number of benzene rings is 1. The minimum absolute atomic E-state index is 0.705. The zero-order valence-corrected chi connectivity index (χ0v) is 9.45. The molecule has 0 heterocycles. The molecule has 0 bridgehead atoms. The van der Waals surface area contributed by atoms with E-state index in [2.05, 4.69) is 17.4 Å². The second-order valence-electron chi connectivity index (χ2n) is 3.37. The molecule has 0 atom stereocenters. The van der Waals surface area contributed by atoms with Crippen LogP contribution in [0.25, 0.3) is 0 Å². The van der Waals surface area contributed by atoms with Gasteiger partial charge in [0.05, 0.1) is 6.61 Å². The summed E-state index contributed by atoms with van der Waals surface area (Å²) in [6.45, 7) is 2.32. The smallest absolute Gasteiger partial charge is 0.119 e. The molecule has 0 saturated carbocycles. The van der Waals surface area contributed by atoms with Crippen LogP contribution in [0.2, 0.25) is 0 Å². The van der Waals surface area contributed by atoms with Gasteiger partial charge >= 0.3 is 0 Å². The molecule has 0 aliphatic heterocycles. The maximum Gasteiger partial charge on any atom is 0.119 e. The van der Waals surface area contributed by atoms with Gasteiger partial charge in [0.2, 0.25) is 0 Å². The van der Waals surface area contributed by atoms with Gasteiger partial charge in [-0.3, -0.25) is 0 Å². The molecule has 0 spiro atoms. The zero-order chi connectivity index (χ0) is 10.9. The predicted octanol–water partition coefficient (Wildman–Crippen LogP) is 1.82. The van der Waals surface area contributed by atoms with E-state index in [0.717, 1.165) is 25.3 Å². The minimum atomic E-state index is 0.705. The van der Waals surface area contributed by atoms with Crippen molar-refractivity contribution in [1.29, 1.82) is 0 Å². The Kier molecular flexibility index (Phi) is 5.81. The van der Waals surface area contributed by atoms with Crippen molar-refractivity contribution in [1.82, 2.24) is 5.32 Å². The molecule has 1 aromatic carbocycles. The highest BCUT2D eigenvalue weighted by Crippen LogP contribution is 2.13. The molecule has 0 aromatic heterocycles. The Bertz CT molecular complexity index is 276. The van der Waals surface area contributed by atoms with Gasteiger partial charge in [0.15, 0.2) is 0 Å². The third-order valence-corrected chi connectivity index (χ3v) is 2.04. The van der Waals surface area contributed by atoms with Crippen LogP contribution in [0.3, 0.4) is 0 Å². The van der Waals surface area contributed by atoms with Gasteiger partial charge in [-0.05, 0) is 24.7 Å². The van der Waals surface area contributed by atoms with E-state index < -0.39 is 0 Å². The number of methoxy groups -OCH3 is 1. The summed E-state index contributed by atoms with van der Waals surface area (Å²) in [5.74, 6) is 0.929. The van der Waals surface area contributed by atoms with Crippen LogP contribution in [0.1, 0.15) is 12.0 Å². The maximum atomic E-state index is 5.59. The standard InChI is InChI=1S/C12H19NO2/c1-13-10-11-5-3-6-12(9-11)15-8-4-7-14-2/h3,5-6,9,13H,4,7-8,10H2,1-2H3. The van der Waals surface area contributed by atoms with Gasteiger partial charge < -0.3 is 14.8 Å². The average Bonchev–Trinajstić information content (AvgIpc) is 2.26. The molecule has 0 radical (unpaired) electrons. The highest BCUT2D eigenvalue weighted by Gasteiger charge is 1.95. The summed E-state index contributed by atoms with van der Waals surface area (Å²) < 4.78 is 10.5. The van der Waals surface area contributed by atoms with Crippen LogP contribution >= 0.6 is 0 Å². The largest absolute Gasteiger partial charge is 0.493 e. The van der Waals surface area contributed by atoms with Crippen molar-refractivity contribution in [3.8, 4) is 5.75 Å². The molecule has 3 heteroatoms. The fourth-order valence-corrected chi connectivity index (χ4v) is 1.34. The van der Waals surface area contributed by atoms with E-state index in [9.17, 15) is 0 Å². The fourth-order valence-electron chi connectivity index (χ4n) is 1.34. The maximum absolute atomic E-state index is 5.59. The molecule has 0 unspecified atom stereocenters. The topological polar surface area (TPSA) is 30.5 Å². The van der Waals surface area contributed by atoms with Gasteiger partial charge in [-0.2, -0.15) is 0 Å². The molecule has 0 aliphatic carbocycles. The molecule has 84 valence electrons. The van der Waals surface area contributed by atoms with E-state index in [-0.39, 0.29) is 0 Å². The van der Waals surface area contributed by atoms with Gasteiger partial charge in [-0.25, -0.2) is 0 Å². The lowest BCUT2D eigenvalue weighted by Crippen LogP contribution is -2.05. The van der Waals surface area contributed by atoms with E-state index in [1.807, 2.05) is 19.2 Å². The summed E-state index contributed by atoms with van der Waals surface area (Å²) >= 11 is 0. The average molecular weight is 209 g/mol. The summed E-state index contributed by atoms with van der Waals surface area (Å²) in [7, 11) is 3.64. The minimum Gasteiger partial charge on any atom is -0.493 e. The second kappa shape index (κ2) is 7.26. The van der Waals surface area contributed by atoms with Gasteiger partial charge in [0.1, 0.15) is 5.75 Å². The van der Waals surface area contributed by atoms with Crippen molar-refractivity contribution in [3.63, 3.8) is 0 Å². The molecule has 0 aliphatic rings. The fraction of sp³-hybridized carbons (Fsp3) is 0.500. The number of rotatable bonds is 7. The number of nitrogens with one attached hydrogen (secondary N) is 1. The van der Waals surface area contributed by atoms with E-state index in [0.29, 0.717) is 6.61 Å². The SMILES string of the molecule is CNCc1cccc(OCCCOC)c1. The number of hydrogen-bond donors (Lipinski definition) is 1. The Morgan fingerprint density at radius 3 is 2.87 bits per heavy atom. The molecule has 0 fully saturated rings. The number of ether oxygens (including phenoxy) is 2. The van der Waals surface area contributed by atoms with Gasteiger partial charge in [0, 0.05) is 26.7 Å². The first kappa shape index (κ1) is 12.0. The number of hydrogen-bond acceptors (Lipinski definition) is 3. The van der Waals surface area contributed by atoms with Gasteiger partial charge in [-0.15, -0.1) is 0 Å². The highest BCUT2D eigenvalue weighted by molar-refractivity contribution is 5.28. The van der Waals surface area contributed by atoms with E-state index in [4.69, 9.17) is 9.47 Å². The van der Waals surface area contributed by atoms with Crippen LogP contribution in [0, 0.1) is 0 Å². The van der Waals surface area contributed by atoms with Gasteiger partial charge in [-0.1, -0.05) is 12.1 Å².